The number of aromatic nitrogens is 2. The average Bonchev–Trinajstić information content (AvgIpc) is 3.35. The predicted molar refractivity (Wildman–Crippen MR) is 117 cm³/mol. The second kappa shape index (κ2) is 9.92. The number of rotatable bonds is 9. The first-order valence-corrected chi connectivity index (χ1v) is 11.1. The highest BCUT2D eigenvalue weighted by atomic mass is 32.1. The van der Waals surface area contributed by atoms with Gasteiger partial charge in [-0.3, -0.25) is 9.78 Å². The van der Waals surface area contributed by atoms with Crippen LogP contribution in [-0.2, 0) is 22.5 Å². The molecule has 0 aromatic carbocycles. The van der Waals surface area contributed by atoms with Crippen LogP contribution < -0.4 is 5.32 Å². The van der Waals surface area contributed by atoms with E-state index in [4.69, 9.17) is 4.74 Å². The molecule has 1 unspecified atom stereocenters. The SMILES string of the molecule is Cc1sc(-c2cccs2)nc1C(=O)NCc1cc(CC(OC(C)C)C(=O)O)ccn1. The Labute approximate surface area is 182 Å². The Morgan fingerprint density at radius 2 is 2.10 bits per heavy atom. The number of carboxylic acid groups (broad SMARTS) is 1. The van der Waals surface area contributed by atoms with Crippen molar-refractivity contribution in [2.24, 2.45) is 0 Å². The molecule has 0 aliphatic carbocycles. The number of ether oxygens (including phenoxy) is 1. The van der Waals surface area contributed by atoms with Gasteiger partial charge in [0.15, 0.2) is 6.10 Å². The Hall–Kier alpha value is -2.62. The van der Waals surface area contributed by atoms with Crippen LogP contribution in [0.15, 0.2) is 35.8 Å². The highest BCUT2D eigenvalue weighted by molar-refractivity contribution is 7.21. The summed E-state index contributed by atoms with van der Waals surface area (Å²) in [5.74, 6) is -1.26. The van der Waals surface area contributed by atoms with Crippen LogP contribution in [0.25, 0.3) is 9.88 Å². The van der Waals surface area contributed by atoms with E-state index in [0.717, 1.165) is 20.3 Å². The molecule has 3 aromatic heterocycles. The minimum Gasteiger partial charge on any atom is -0.479 e. The van der Waals surface area contributed by atoms with Crippen molar-refractivity contribution in [3.05, 3.63) is 57.7 Å². The van der Waals surface area contributed by atoms with Gasteiger partial charge in [0.2, 0.25) is 0 Å². The molecule has 0 saturated carbocycles. The van der Waals surface area contributed by atoms with Crippen molar-refractivity contribution in [2.45, 2.75) is 45.9 Å². The van der Waals surface area contributed by atoms with Gasteiger partial charge >= 0.3 is 5.97 Å². The summed E-state index contributed by atoms with van der Waals surface area (Å²) in [6.45, 7) is 5.70. The first kappa shape index (κ1) is 22.1. The zero-order chi connectivity index (χ0) is 21.7. The molecule has 30 heavy (non-hydrogen) atoms. The third-order valence-corrected chi connectivity index (χ3v) is 6.20. The number of thiazole rings is 1. The summed E-state index contributed by atoms with van der Waals surface area (Å²) in [7, 11) is 0. The quantitative estimate of drug-likeness (QED) is 0.518. The molecule has 3 heterocycles. The maximum Gasteiger partial charge on any atom is 0.333 e. The number of hydrogen-bond acceptors (Lipinski definition) is 7. The van der Waals surface area contributed by atoms with Gasteiger partial charge in [0.1, 0.15) is 10.7 Å². The number of nitrogens with zero attached hydrogens (tertiary/aromatic N) is 2. The van der Waals surface area contributed by atoms with E-state index in [1.807, 2.05) is 24.4 Å². The van der Waals surface area contributed by atoms with Crippen molar-refractivity contribution >= 4 is 34.6 Å². The monoisotopic (exact) mass is 445 g/mol. The predicted octanol–water partition coefficient (Wildman–Crippen LogP) is 3.93. The fourth-order valence-electron chi connectivity index (χ4n) is 2.86. The van der Waals surface area contributed by atoms with Gasteiger partial charge in [0.25, 0.3) is 5.91 Å². The van der Waals surface area contributed by atoms with E-state index in [1.54, 1.807) is 43.5 Å². The van der Waals surface area contributed by atoms with E-state index in [0.29, 0.717) is 11.4 Å². The summed E-state index contributed by atoms with van der Waals surface area (Å²) in [5, 5.41) is 15.0. The molecule has 0 bridgehead atoms. The molecular weight excluding hydrogens is 422 g/mol. The number of aryl methyl sites for hydroxylation is 1. The maximum absolute atomic E-state index is 12.6. The molecule has 7 nitrogen and oxygen atoms in total. The lowest BCUT2D eigenvalue weighted by Gasteiger charge is -2.16. The number of amides is 1. The van der Waals surface area contributed by atoms with Crippen molar-refractivity contribution in [3.8, 4) is 9.88 Å². The molecule has 9 heteroatoms. The molecule has 3 aromatic rings. The van der Waals surface area contributed by atoms with Gasteiger partial charge in [-0.2, -0.15) is 0 Å². The van der Waals surface area contributed by atoms with Crippen LogP contribution in [-0.4, -0.2) is 39.2 Å². The molecule has 1 atom stereocenters. The van der Waals surface area contributed by atoms with Crippen LogP contribution in [0.5, 0.6) is 0 Å². The first-order chi connectivity index (χ1) is 14.3. The summed E-state index contributed by atoms with van der Waals surface area (Å²) in [4.78, 5) is 34.7. The molecule has 0 aliphatic heterocycles. The fraction of sp³-hybridized carbons (Fsp3) is 0.333. The van der Waals surface area contributed by atoms with Crippen LogP contribution in [0, 0.1) is 6.92 Å². The van der Waals surface area contributed by atoms with E-state index >= 15 is 0 Å². The molecule has 0 spiro atoms. The van der Waals surface area contributed by atoms with E-state index in [-0.39, 0.29) is 25.0 Å². The molecule has 2 N–H and O–H groups in total. The lowest BCUT2D eigenvalue weighted by atomic mass is 10.1. The highest BCUT2D eigenvalue weighted by Gasteiger charge is 2.21. The largest absolute Gasteiger partial charge is 0.479 e. The fourth-order valence-corrected chi connectivity index (χ4v) is 4.56. The standard InChI is InChI=1S/C21H23N3O4S2/c1-12(2)28-16(21(26)27)10-14-6-7-22-15(9-14)11-23-19(25)18-13(3)30-20(24-18)17-5-4-8-29-17/h4-9,12,16H,10-11H2,1-3H3,(H,23,25)(H,26,27). The molecule has 3 rings (SSSR count). The zero-order valence-electron chi connectivity index (χ0n) is 16.9. The molecule has 0 saturated heterocycles. The van der Waals surface area contributed by atoms with Crippen LogP contribution in [0.3, 0.4) is 0 Å². The number of pyridine rings is 1. The van der Waals surface area contributed by atoms with E-state index in [2.05, 4.69) is 15.3 Å². The molecule has 1 amide bonds. The number of hydrogen-bond donors (Lipinski definition) is 2. The number of thiophene rings is 1. The summed E-state index contributed by atoms with van der Waals surface area (Å²) in [6, 6.07) is 7.47. The summed E-state index contributed by atoms with van der Waals surface area (Å²) >= 11 is 3.08. The Bertz CT molecular complexity index is 1020. The van der Waals surface area contributed by atoms with Crippen LogP contribution in [0.2, 0.25) is 0 Å². The van der Waals surface area contributed by atoms with Gasteiger partial charge < -0.3 is 15.2 Å². The molecule has 0 radical (unpaired) electrons. The second-order valence-electron chi connectivity index (χ2n) is 6.96. The van der Waals surface area contributed by atoms with Crippen molar-refractivity contribution in [1.29, 1.82) is 0 Å². The van der Waals surface area contributed by atoms with Crippen LogP contribution >= 0.6 is 22.7 Å². The third-order valence-electron chi connectivity index (χ3n) is 4.19. The second-order valence-corrected chi connectivity index (χ2v) is 9.11. The summed E-state index contributed by atoms with van der Waals surface area (Å²) in [6.07, 6.45) is 0.718. The van der Waals surface area contributed by atoms with Crippen LogP contribution in [0.1, 0.15) is 40.5 Å². The van der Waals surface area contributed by atoms with Crippen molar-refractivity contribution in [1.82, 2.24) is 15.3 Å². The Morgan fingerprint density at radius 3 is 2.77 bits per heavy atom. The lowest BCUT2D eigenvalue weighted by Crippen LogP contribution is -2.29. The van der Waals surface area contributed by atoms with Crippen molar-refractivity contribution in [3.63, 3.8) is 0 Å². The molecule has 0 fully saturated rings. The minimum absolute atomic E-state index is 0.188. The number of carboxylic acids is 1. The summed E-state index contributed by atoms with van der Waals surface area (Å²) in [5.41, 5.74) is 1.84. The number of carbonyl (C=O) groups excluding carboxylic acids is 1. The third kappa shape index (κ3) is 5.71. The Kier molecular flexibility index (Phi) is 7.30. The average molecular weight is 446 g/mol. The highest BCUT2D eigenvalue weighted by Crippen LogP contribution is 2.30. The molecule has 158 valence electrons. The van der Waals surface area contributed by atoms with E-state index in [1.165, 1.54) is 11.3 Å². The molecular formula is C21H23N3O4S2. The van der Waals surface area contributed by atoms with Gasteiger partial charge in [-0.25, -0.2) is 9.78 Å². The Morgan fingerprint density at radius 1 is 1.30 bits per heavy atom. The van der Waals surface area contributed by atoms with Gasteiger partial charge in [-0.05, 0) is 49.9 Å². The van der Waals surface area contributed by atoms with Gasteiger partial charge in [-0.15, -0.1) is 22.7 Å². The smallest absolute Gasteiger partial charge is 0.333 e. The lowest BCUT2D eigenvalue weighted by molar-refractivity contribution is -0.153. The number of carbonyl (C=O) groups is 2. The topological polar surface area (TPSA) is 101 Å². The van der Waals surface area contributed by atoms with Gasteiger partial charge in [-0.1, -0.05) is 6.07 Å². The van der Waals surface area contributed by atoms with E-state index in [9.17, 15) is 14.7 Å². The van der Waals surface area contributed by atoms with Gasteiger partial charge in [0, 0.05) is 17.5 Å². The maximum atomic E-state index is 12.6. The van der Waals surface area contributed by atoms with Gasteiger partial charge in [0.05, 0.1) is 23.2 Å². The van der Waals surface area contributed by atoms with Crippen molar-refractivity contribution in [2.75, 3.05) is 0 Å². The van der Waals surface area contributed by atoms with E-state index < -0.39 is 12.1 Å². The number of nitrogens with one attached hydrogen (secondary N) is 1. The van der Waals surface area contributed by atoms with Crippen LogP contribution in [0.4, 0.5) is 0 Å². The minimum atomic E-state index is -1.00. The number of aliphatic carboxylic acids is 1. The van der Waals surface area contributed by atoms with Crippen molar-refractivity contribution < 1.29 is 19.4 Å². The molecule has 0 aliphatic rings. The normalized spacial score (nSPS) is 12.1. The summed E-state index contributed by atoms with van der Waals surface area (Å²) < 4.78 is 5.46. The Balaban J connectivity index is 1.64. The zero-order valence-corrected chi connectivity index (χ0v) is 18.5. The first-order valence-electron chi connectivity index (χ1n) is 9.45.